The number of ether oxygens (including phenoxy) is 1. The van der Waals surface area contributed by atoms with Gasteiger partial charge in [-0.2, -0.15) is 11.3 Å². The number of hydrogen-bond donors (Lipinski definition) is 2. The van der Waals surface area contributed by atoms with Crippen molar-refractivity contribution in [2.75, 3.05) is 46.4 Å². The fraction of sp³-hybridized carbons (Fsp3) is 0.714. The lowest BCUT2D eigenvalue weighted by atomic mass is 10.1. The highest BCUT2D eigenvalue weighted by molar-refractivity contribution is 7.89. The first-order valence-electron chi connectivity index (χ1n) is 7.71. The van der Waals surface area contributed by atoms with Crippen molar-refractivity contribution in [2.24, 2.45) is 0 Å². The fourth-order valence-electron chi connectivity index (χ4n) is 2.91. The maximum absolute atomic E-state index is 12.2. The summed E-state index contributed by atoms with van der Waals surface area (Å²) in [7, 11) is -1.51. The molecular weight excluding hydrogens is 338 g/mol. The first-order chi connectivity index (χ1) is 11.0. The number of thiophene rings is 1. The van der Waals surface area contributed by atoms with Crippen LogP contribution in [0.25, 0.3) is 0 Å². The summed E-state index contributed by atoms with van der Waals surface area (Å²) in [4.78, 5) is 4.75. The molecule has 130 valence electrons. The van der Waals surface area contributed by atoms with Gasteiger partial charge in [-0.15, -0.1) is 0 Å². The van der Waals surface area contributed by atoms with E-state index in [1.54, 1.807) is 16.8 Å². The van der Waals surface area contributed by atoms with Crippen LogP contribution in [-0.2, 0) is 14.8 Å². The molecule has 0 spiro atoms. The smallest absolute Gasteiger partial charge is 0.241 e. The average molecular weight is 361 g/mol. The Balaban J connectivity index is 1.55. The third kappa shape index (κ3) is 4.11. The molecule has 0 amide bonds. The molecule has 0 saturated carbocycles. The van der Waals surface area contributed by atoms with Gasteiger partial charge in [-0.3, -0.25) is 4.90 Å². The first-order valence-corrected chi connectivity index (χ1v) is 10.1. The zero-order valence-corrected chi connectivity index (χ0v) is 14.7. The van der Waals surface area contributed by atoms with Crippen LogP contribution in [0.1, 0.15) is 0 Å². The molecule has 9 heteroatoms. The number of likely N-dealkylation sites (N-methyl/N-ethyl adjacent to an activating group) is 1. The molecule has 3 atom stereocenters. The molecular formula is C14H23N3O4S2. The summed E-state index contributed by atoms with van der Waals surface area (Å²) in [5.74, 6) is 0. The van der Waals surface area contributed by atoms with E-state index in [0.29, 0.717) is 6.54 Å². The molecule has 3 heterocycles. The van der Waals surface area contributed by atoms with Crippen LogP contribution in [0.5, 0.6) is 0 Å². The maximum atomic E-state index is 12.2. The van der Waals surface area contributed by atoms with Crippen molar-refractivity contribution in [2.45, 2.75) is 23.1 Å². The summed E-state index contributed by atoms with van der Waals surface area (Å²) in [5.41, 5.74) is 0. The molecule has 7 nitrogen and oxygen atoms in total. The van der Waals surface area contributed by atoms with Crippen LogP contribution >= 0.6 is 11.3 Å². The van der Waals surface area contributed by atoms with Crippen molar-refractivity contribution in [3.05, 3.63) is 16.8 Å². The minimum absolute atomic E-state index is 0.197. The van der Waals surface area contributed by atoms with Crippen molar-refractivity contribution < 1.29 is 18.3 Å². The number of nitrogens with zero attached hydrogens (tertiary/aromatic N) is 2. The van der Waals surface area contributed by atoms with Crippen molar-refractivity contribution in [1.82, 2.24) is 14.5 Å². The molecule has 1 aromatic rings. The van der Waals surface area contributed by atoms with Crippen LogP contribution in [0.4, 0.5) is 0 Å². The predicted octanol–water partition coefficient (Wildman–Crippen LogP) is -0.598. The van der Waals surface area contributed by atoms with Crippen LogP contribution < -0.4 is 4.72 Å². The fourth-order valence-corrected chi connectivity index (χ4v) is 5.17. The molecule has 0 aromatic carbocycles. The topological polar surface area (TPSA) is 82.1 Å². The van der Waals surface area contributed by atoms with Crippen LogP contribution in [0.15, 0.2) is 21.7 Å². The van der Waals surface area contributed by atoms with Gasteiger partial charge in [-0.05, 0) is 18.5 Å². The largest absolute Gasteiger partial charge is 0.389 e. The molecule has 3 rings (SSSR count). The zero-order chi connectivity index (χ0) is 16.4. The van der Waals surface area contributed by atoms with Crippen LogP contribution in [-0.4, -0.2) is 88.0 Å². The summed E-state index contributed by atoms with van der Waals surface area (Å²) in [6.45, 7) is 4.70. The molecule has 2 N–H and O–H groups in total. The lowest BCUT2D eigenvalue weighted by molar-refractivity contribution is 0.00636. The van der Waals surface area contributed by atoms with Crippen LogP contribution in [0, 0.1) is 0 Å². The minimum atomic E-state index is -3.60. The minimum Gasteiger partial charge on any atom is -0.389 e. The van der Waals surface area contributed by atoms with Gasteiger partial charge in [0.05, 0.1) is 29.8 Å². The highest BCUT2D eigenvalue weighted by Gasteiger charge is 2.39. The Bertz CT molecular complexity index is 600. The number of sulfonamides is 1. The number of rotatable bonds is 5. The quantitative estimate of drug-likeness (QED) is 0.729. The van der Waals surface area contributed by atoms with Crippen molar-refractivity contribution in [3.63, 3.8) is 0 Å². The molecule has 0 bridgehead atoms. The second-order valence-electron chi connectivity index (χ2n) is 6.15. The molecule has 0 unspecified atom stereocenters. The van der Waals surface area contributed by atoms with E-state index < -0.39 is 22.2 Å². The molecule has 0 radical (unpaired) electrons. The average Bonchev–Trinajstić information content (AvgIpc) is 3.15. The summed E-state index contributed by atoms with van der Waals surface area (Å²) in [6.07, 6.45) is -1.18. The van der Waals surface area contributed by atoms with Gasteiger partial charge in [0, 0.05) is 38.1 Å². The Morgan fingerprint density at radius 2 is 2.13 bits per heavy atom. The van der Waals surface area contributed by atoms with Crippen molar-refractivity contribution in [3.8, 4) is 0 Å². The Morgan fingerprint density at radius 1 is 1.39 bits per heavy atom. The Morgan fingerprint density at radius 3 is 2.78 bits per heavy atom. The lowest BCUT2D eigenvalue weighted by Crippen LogP contribution is -2.50. The van der Waals surface area contributed by atoms with E-state index in [9.17, 15) is 13.5 Å². The van der Waals surface area contributed by atoms with E-state index in [2.05, 4.69) is 21.6 Å². The summed E-state index contributed by atoms with van der Waals surface area (Å²) in [5, 5.41) is 13.7. The number of piperazine rings is 1. The third-order valence-corrected chi connectivity index (χ3v) is 6.75. The van der Waals surface area contributed by atoms with E-state index >= 15 is 0 Å². The number of aliphatic hydroxyl groups is 1. The Hall–Kier alpha value is -0.550. The Labute approximate surface area is 140 Å². The molecule has 2 saturated heterocycles. The zero-order valence-electron chi connectivity index (χ0n) is 13.1. The van der Waals surface area contributed by atoms with Crippen LogP contribution in [0.2, 0.25) is 0 Å². The standard InChI is InChI=1S/C14H23N3O4S2/c1-16-3-5-17(6-4-16)8-13-14(18)12(9-21-13)15-23(19,20)11-2-7-22-10-11/h2,7,10,12-15,18H,3-6,8-9H2,1H3/t12-,13-,14+/m0/s1. The normalized spacial score (nSPS) is 30.8. The maximum Gasteiger partial charge on any atom is 0.241 e. The molecule has 0 aliphatic carbocycles. The molecule has 23 heavy (non-hydrogen) atoms. The van der Waals surface area contributed by atoms with E-state index in [1.807, 2.05) is 0 Å². The molecule has 1 aromatic heterocycles. The SMILES string of the molecule is CN1CCN(C[C@@H]2OC[C@H](NS(=O)(=O)c3ccsc3)[C@H]2O)CC1. The van der Waals surface area contributed by atoms with Crippen molar-refractivity contribution in [1.29, 1.82) is 0 Å². The van der Waals surface area contributed by atoms with E-state index in [0.717, 1.165) is 26.2 Å². The molecule has 2 aliphatic rings. The van der Waals surface area contributed by atoms with Gasteiger partial charge in [-0.1, -0.05) is 0 Å². The molecule has 2 aliphatic heterocycles. The van der Waals surface area contributed by atoms with Gasteiger partial charge >= 0.3 is 0 Å². The third-order valence-electron chi connectivity index (χ3n) is 4.43. The summed E-state index contributed by atoms with van der Waals surface area (Å²) >= 11 is 1.33. The monoisotopic (exact) mass is 361 g/mol. The highest BCUT2D eigenvalue weighted by Crippen LogP contribution is 2.20. The van der Waals surface area contributed by atoms with Gasteiger partial charge in [0.15, 0.2) is 0 Å². The lowest BCUT2D eigenvalue weighted by Gasteiger charge is -2.34. The van der Waals surface area contributed by atoms with Gasteiger partial charge in [-0.25, -0.2) is 13.1 Å². The second kappa shape index (κ2) is 7.14. The molecule has 2 fully saturated rings. The van der Waals surface area contributed by atoms with Gasteiger partial charge < -0.3 is 14.7 Å². The number of nitrogens with one attached hydrogen (secondary N) is 1. The summed E-state index contributed by atoms with van der Waals surface area (Å²) in [6, 6.07) is 0.953. The van der Waals surface area contributed by atoms with Gasteiger partial charge in [0.2, 0.25) is 10.0 Å². The predicted molar refractivity (Wildman–Crippen MR) is 88.1 cm³/mol. The second-order valence-corrected chi connectivity index (χ2v) is 8.65. The number of hydrogen-bond acceptors (Lipinski definition) is 7. The highest BCUT2D eigenvalue weighted by atomic mass is 32.2. The van der Waals surface area contributed by atoms with E-state index in [-0.39, 0.29) is 17.6 Å². The van der Waals surface area contributed by atoms with E-state index in [4.69, 9.17) is 4.74 Å². The van der Waals surface area contributed by atoms with E-state index in [1.165, 1.54) is 11.3 Å². The van der Waals surface area contributed by atoms with Crippen LogP contribution in [0.3, 0.4) is 0 Å². The number of aliphatic hydroxyl groups excluding tert-OH is 1. The first kappa shape index (κ1) is 17.3. The summed E-state index contributed by atoms with van der Waals surface area (Å²) < 4.78 is 32.7. The van der Waals surface area contributed by atoms with Crippen molar-refractivity contribution >= 4 is 21.4 Å². The Kier molecular flexibility index (Phi) is 5.36. The van der Waals surface area contributed by atoms with Gasteiger partial charge in [0.25, 0.3) is 0 Å². The van der Waals surface area contributed by atoms with Gasteiger partial charge in [0.1, 0.15) is 0 Å².